The molecule has 0 fully saturated rings. The molecule has 2 rings (SSSR count). The molecule has 11 heavy (non-hydrogen) atoms. The lowest BCUT2D eigenvalue weighted by atomic mass is 10.6. The summed E-state index contributed by atoms with van der Waals surface area (Å²) in [6, 6.07) is 0. The molecule has 0 saturated carbocycles. The molecule has 56 valence electrons. The number of nitrogen functional groups attached to an aromatic ring is 1. The molecule has 0 aliphatic carbocycles. The van der Waals surface area contributed by atoms with Gasteiger partial charge in [-0.15, -0.1) is 0 Å². The van der Waals surface area contributed by atoms with Crippen molar-refractivity contribution in [2.24, 2.45) is 0 Å². The number of aromatic amines is 1. The van der Waals surface area contributed by atoms with Crippen molar-refractivity contribution in [3.05, 3.63) is 11.1 Å². The predicted octanol–water partition coefficient (Wildman–Crippen LogP) is 0.698. The smallest absolute Gasteiger partial charge is 0.183 e. The molecule has 0 aliphatic rings. The zero-order chi connectivity index (χ0) is 7.84. The van der Waals surface area contributed by atoms with Gasteiger partial charge >= 0.3 is 0 Å². The highest BCUT2D eigenvalue weighted by atomic mass is 79.9. The van der Waals surface area contributed by atoms with Crippen molar-refractivity contribution in [1.29, 1.82) is 0 Å². The standard InChI is InChI=1S/C5H4BrN5/c6-5-10-2-3(7)8-1-9-4(2)11-5/h1H,(H3,7,8,9,10,11)/i7+1,8+1,9+1,10+1,11+1. The topological polar surface area (TPSA) is 80.5 Å². The first-order valence-electron chi connectivity index (χ1n) is 2.89. The third kappa shape index (κ3) is 0.949. The minimum absolute atomic E-state index is 0.410. The Hall–Kier alpha value is -1.17. The molecular formula is C5H4BrN5. The second-order valence-electron chi connectivity index (χ2n) is 1.99. The van der Waals surface area contributed by atoms with E-state index in [2.05, 4.69) is 35.9 Å². The Morgan fingerprint density at radius 3 is 3.00 bits per heavy atom. The van der Waals surface area contributed by atoms with Crippen LogP contribution < -0.4 is 5.73 Å². The molecule has 0 aliphatic heterocycles. The summed E-state index contributed by atoms with van der Waals surface area (Å²) >= 11 is 3.17. The van der Waals surface area contributed by atoms with Gasteiger partial charge in [-0.2, -0.15) is 0 Å². The second-order valence-corrected chi connectivity index (χ2v) is 2.74. The summed E-state index contributed by atoms with van der Waals surface area (Å²) in [4.78, 5) is 14.6. The van der Waals surface area contributed by atoms with E-state index in [-0.39, 0.29) is 0 Å². The lowest BCUT2D eigenvalue weighted by Gasteiger charge is -1.89. The highest BCUT2D eigenvalue weighted by Gasteiger charge is 2.03. The summed E-state index contributed by atoms with van der Waals surface area (Å²) in [5.74, 6) is 0.410. The van der Waals surface area contributed by atoms with E-state index in [1.165, 1.54) is 6.33 Å². The van der Waals surface area contributed by atoms with Crippen LogP contribution in [0.4, 0.5) is 5.82 Å². The molecule has 2 aromatic rings. The summed E-state index contributed by atoms with van der Waals surface area (Å²) in [7, 11) is 0. The van der Waals surface area contributed by atoms with Gasteiger partial charge in [0.15, 0.2) is 16.2 Å². The monoisotopic (exact) mass is 218 g/mol. The zero-order valence-corrected chi connectivity index (χ0v) is 6.96. The number of anilines is 1. The van der Waals surface area contributed by atoms with Crippen LogP contribution in [0.5, 0.6) is 0 Å². The number of nitrogens with two attached hydrogens (primary N) is 1. The van der Waals surface area contributed by atoms with Crippen molar-refractivity contribution in [2.45, 2.75) is 0 Å². The van der Waals surface area contributed by atoms with Crippen LogP contribution in [-0.4, -0.2) is 19.9 Å². The molecule has 0 spiro atoms. The minimum atomic E-state index is 0.410. The molecular weight excluding hydrogens is 215 g/mol. The van der Waals surface area contributed by atoms with E-state index in [0.717, 1.165) is 0 Å². The van der Waals surface area contributed by atoms with Crippen LogP contribution in [-0.2, 0) is 0 Å². The molecule has 0 amide bonds. The van der Waals surface area contributed by atoms with Gasteiger partial charge in [0, 0.05) is 0 Å². The van der Waals surface area contributed by atoms with Crippen LogP contribution in [0.3, 0.4) is 0 Å². The van der Waals surface area contributed by atoms with Crippen LogP contribution >= 0.6 is 15.9 Å². The lowest BCUT2D eigenvalue weighted by Crippen LogP contribution is -1.91. The molecule has 5 nitrogen and oxygen atoms in total. The van der Waals surface area contributed by atoms with Gasteiger partial charge in [-0.25, -0.2) is 15.0 Å². The number of nitrogens with one attached hydrogen (secondary N) is 1. The maximum absolute atomic E-state index is 5.53. The molecule has 0 bridgehead atoms. The molecule has 0 aromatic carbocycles. The third-order valence-electron chi connectivity index (χ3n) is 1.29. The van der Waals surface area contributed by atoms with Crippen LogP contribution in [0, 0.1) is 0 Å². The predicted molar refractivity (Wildman–Crippen MR) is 43.8 cm³/mol. The number of halogens is 1. The van der Waals surface area contributed by atoms with E-state index < -0.39 is 0 Å². The first-order chi connectivity index (χ1) is 5.27. The molecule has 3 N–H and O–H groups in total. The summed E-state index contributed by atoms with van der Waals surface area (Å²) in [5.41, 5.74) is 6.77. The number of hydrogen-bond acceptors (Lipinski definition) is 4. The summed E-state index contributed by atoms with van der Waals surface area (Å²) in [6.07, 6.45) is 1.38. The highest BCUT2D eigenvalue weighted by Crippen LogP contribution is 2.15. The third-order valence-corrected chi connectivity index (χ3v) is 1.66. The largest absolute Gasteiger partial charge is 0.382 e. The normalized spacial score (nSPS) is 10.6. The van der Waals surface area contributed by atoms with E-state index in [1.54, 1.807) is 0 Å². The van der Waals surface area contributed by atoms with E-state index in [4.69, 9.17) is 5.73 Å². The zero-order valence-electron chi connectivity index (χ0n) is 5.37. The van der Waals surface area contributed by atoms with Gasteiger partial charge in [0.05, 0.1) is 0 Å². The van der Waals surface area contributed by atoms with Crippen molar-refractivity contribution >= 4 is 32.9 Å². The Kier molecular flexibility index (Phi) is 1.28. The van der Waals surface area contributed by atoms with Gasteiger partial charge in [-0.3, -0.25) is 0 Å². The van der Waals surface area contributed by atoms with Crippen LogP contribution in [0.15, 0.2) is 11.1 Å². The van der Waals surface area contributed by atoms with Crippen molar-refractivity contribution < 1.29 is 0 Å². The Labute approximate surface area is 70.2 Å². The molecule has 0 radical (unpaired) electrons. The van der Waals surface area contributed by atoms with E-state index in [1.807, 2.05) is 0 Å². The van der Waals surface area contributed by atoms with Crippen molar-refractivity contribution in [3.63, 3.8) is 0 Å². The molecule has 6 heteroatoms. The lowest BCUT2D eigenvalue weighted by molar-refractivity contribution is 1.20. The molecule has 0 saturated heterocycles. The number of fused-ring (bicyclic) bond motifs is 1. The SMILES string of the molecule is [15NH2]c1[15n]c[15n]c2[15n]c(Br)[15nH]c12. The first-order valence-corrected chi connectivity index (χ1v) is 3.68. The van der Waals surface area contributed by atoms with Gasteiger partial charge < -0.3 is 10.7 Å². The molecule has 2 heterocycles. The molecule has 0 unspecified atom stereocenters. The highest BCUT2D eigenvalue weighted by molar-refractivity contribution is 9.10. The van der Waals surface area contributed by atoms with E-state index in [9.17, 15) is 0 Å². The summed E-state index contributed by atoms with van der Waals surface area (Å²) in [6.45, 7) is 0. The van der Waals surface area contributed by atoms with Gasteiger partial charge in [0.25, 0.3) is 0 Å². The van der Waals surface area contributed by atoms with Gasteiger partial charge in [-0.1, -0.05) is 0 Å². The average molecular weight is 219 g/mol. The molecule has 2 aromatic heterocycles. The Morgan fingerprint density at radius 2 is 2.27 bits per heavy atom. The van der Waals surface area contributed by atoms with Gasteiger partial charge in [0.1, 0.15) is 11.8 Å². The maximum Gasteiger partial charge on any atom is 0.183 e. The first kappa shape index (κ1) is 6.53. The summed E-state index contributed by atoms with van der Waals surface area (Å²) < 4.78 is 0.611. The fourth-order valence-corrected chi connectivity index (χ4v) is 1.18. The van der Waals surface area contributed by atoms with Crippen molar-refractivity contribution in [3.8, 4) is 0 Å². The number of aromatic nitrogens is 4. The van der Waals surface area contributed by atoms with Crippen LogP contribution in [0.1, 0.15) is 0 Å². The van der Waals surface area contributed by atoms with E-state index >= 15 is 0 Å². The minimum Gasteiger partial charge on any atom is -0.382 e. The number of imidazole rings is 1. The maximum atomic E-state index is 5.53. The Bertz CT molecular complexity index is 395. The Balaban J connectivity index is 2.90. The number of hydrogen-bond donors (Lipinski definition) is 2. The average Bonchev–Trinajstić information content (AvgIpc) is 2.31. The molecule has 0 atom stereocenters. The van der Waals surface area contributed by atoms with Crippen molar-refractivity contribution in [1.82, 2.24) is 19.9 Å². The Morgan fingerprint density at radius 1 is 1.45 bits per heavy atom. The quantitative estimate of drug-likeness (QED) is 0.504. The van der Waals surface area contributed by atoms with Crippen LogP contribution in [0.25, 0.3) is 11.2 Å². The second kappa shape index (κ2) is 2.16. The van der Waals surface area contributed by atoms with Crippen molar-refractivity contribution in [2.75, 3.05) is 5.73 Å². The fraction of sp³-hybridized carbons (Fsp3) is 0. The number of rotatable bonds is 0. The summed E-state index contributed by atoms with van der Waals surface area (Å²) in [5, 5.41) is 0. The number of nitrogens with zero attached hydrogens (tertiary/aromatic N) is 3. The van der Waals surface area contributed by atoms with Gasteiger partial charge in [0.2, 0.25) is 0 Å². The number of H-pyrrole nitrogens is 1. The van der Waals surface area contributed by atoms with E-state index in [0.29, 0.717) is 21.7 Å². The fourth-order valence-electron chi connectivity index (χ4n) is 0.818. The van der Waals surface area contributed by atoms with Crippen LogP contribution in [0.2, 0.25) is 0 Å². The van der Waals surface area contributed by atoms with Gasteiger partial charge in [-0.05, 0) is 15.9 Å².